The van der Waals surface area contributed by atoms with E-state index >= 15 is 0 Å². The lowest BCUT2D eigenvalue weighted by Crippen LogP contribution is -2.51. The largest absolute Gasteiger partial charge is 0.368 e. The number of aromatic nitrogens is 1. The Bertz CT molecular complexity index is 798. The second-order valence-corrected chi connectivity index (χ2v) is 8.14. The Morgan fingerprint density at radius 1 is 1.24 bits per heavy atom. The van der Waals surface area contributed by atoms with Gasteiger partial charge in [-0.05, 0) is 49.8 Å². The highest BCUT2D eigenvalue weighted by atomic mass is 35.5. The normalized spacial score (nSPS) is 23.6. The molecular formula is C22H29ClN2. The number of nitrogens with zero attached hydrogens (tertiary/aromatic N) is 1. The van der Waals surface area contributed by atoms with E-state index in [-0.39, 0.29) is 5.66 Å². The van der Waals surface area contributed by atoms with Crippen LogP contribution in [-0.4, -0.2) is 10.4 Å². The summed E-state index contributed by atoms with van der Waals surface area (Å²) in [6.07, 6.45) is 13.2. The van der Waals surface area contributed by atoms with E-state index in [0.717, 1.165) is 12.8 Å². The molecule has 2 aliphatic rings. The summed E-state index contributed by atoms with van der Waals surface area (Å²) in [6, 6.07) is 6.79. The molecule has 0 amide bonds. The first-order chi connectivity index (χ1) is 12.2. The van der Waals surface area contributed by atoms with Crippen LogP contribution in [0.15, 0.2) is 24.4 Å². The monoisotopic (exact) mass is 356 g/mol. The Kier molecular flexibility index (Phi) is 4.58. The van der Waals surface area contributed by atoms with Crippen LogP contribution in [0.2, 0.25) is 0 Å². The first-order valence-electron chi connectivity index (χ1n) is 9.86. The number of nitrogens with one attached hydrogen (secondary N) is 1. The molecule has 1 aromatic carbocycles. The lowest BCUT2D eigenvalue weighted by Gasteiger charge is -2.45. The van der Waals surface area contributed by atoms with E-state index in [4.69, 9.17) is 11.6 Å². The molecule has 1 atom stereocenters. The predicted octanol–water partition coefficient (Wildman–Crippen LogP) is 5.81. The van der Waals surface area contributed by atoms with Crippen LogP contribution in [0.1, 0.15) is 62.8 Å². The van der Waals surface area contributed by atoms with Gasteiger partial charge in [-0.25, -0.2) is 0 Å². The molecule has 1 aromatic heterocycles. The van der Waals surface area contributed by atoms with Crippen molar-refractivity contribution in [3.63, 3.8) is 0 Å². The van der Waals surface area contributed by atoms with Gasteiger partial charge in [0.25, 0.3) is 0 Å². The van der Waals surface area contributed by atoms with Crippen LogP contribution in [0.3, 0.4) is 0 Å². The van der Waals surface area contributed by atoms with Crippen LogP contribution >= 0.6 is 11.6 Å². The fourth-order valence-corrected chi connectivity index (χ4v) is 5.30. The zero-order chi connectivity index (χ0) is 17.4. The van der Waals surface area contributed by atoms with Crippen LogP contribution in [-0.2, 0) is 18.5 Å². The van der Waals surface area contributed by atoms with Crippen molar-refractivity contribution in [2.45, 2.75) is 64.5 Å². The van der Waals surface area contributed by atoms with Crippen LogP contribution in [0.25, 0.3) is 17.0 Å². The number of halogens is 1. The van der Waals surface area contributed by atoms with Gasteiger partial charge in [0.2, 0.25) is 0 Å². The molecule has 3 heteroatoms. The van der Waals surface area contributed by atoms with Gasteiger partial charge < -0.3 is 9.88 Å². The van der Waals surface area contributed by atoms with Crippen molar-refractivity contribution in [2.24, 2.45) is 5.92 Å². The van der Waals surface area contributed by atoms with Crippen molar-refractivity contribution >= 4 is 28.6 Å². The SMILES string of the molecule is CCc1cccc2c(CCCl)c3n(c12)C(C)(C1CCCCC1)NC=C3. The number of aryl methyl sites for hydroxylation is 2. The quantitative estimate of drug-likeness (QED) is 0.684. The first kappa shape index (κ1) is 17.0. The fraction of sp³-hybridized carbons (Fsp3) is 0.545. The molecule has 0 saturated heterocycles. The van der Waals surface area contributed by atoms with Crippen molar-refractivity contribution in [3.05, 3.63) is 41.2 Å². The van der Waals surface area contributed by atoms with E-state index in [1.54, 1.807) is 0 Å². The minimum Gasteiger partial charge on any atom is -0.368 e. The van der Waals surface area contributed by atoms with Crippen LogP contribution in [0.4, 0.5) is 0 Å². The molecule has 1 saturated carbocycles. The van der Waals surface area contributed by atoms with Gasteiger partial charge in [0.15, 0.2) is 0 Å². The third-order valence-corrected chi connectivity index (χ3v) is 6.61. The van der Waals surface area contributed by atoms with Crippen molar-refractivity contribution in [3.8, 4) is 0 Å². The number of benzene rings is 1. The average Bonchev–Trinajstić information content (AvgIpc) is 2.98. The highest BCUT2D eigenvalue weighted by molar-refractivity contribution is 6.18. The third-order valence-electron chi connectivity index (χ3n) is 6.43. The highest BCUT2D eigenvalue weighted by Crippen LogP contribution is 2.43. The van der Waals surface area contributed by atoms with Gasteiger partial charge in [-0.1, -0.05) is 44.4 Å². The molecule has 1 fully saturated rings. The van der Waals surface area contributed by atoms with E-state index in [0.29, 0.717) is 11.8 Å². The molecule has 25 heavy (non-hydrogen) atoms. The van der Waals surface area contributed by atoms with Gasteiger partial charge in [0.1, 0.15) is 5.66 Å². The van der Waals surface area contributed by atoms with Crippen LogP contribution in [0, 0.1) is 5.92 Å². The standard InChI is InChI=1S/C22H29ClN2/c1-3-16-8-7-11-19-18(12-14-23)20-13-15-24-22(2,25(20)21(16)19)17-9-5-4-6-10-17/h7-8,11,13,15,17,24H,3-6,9-10,12,14H2,1-2H3. The Balaban J connectivity index is 1.99. The summed E-state index contributed by atoms with van der Waals surface area (Å²) in [7, 11) is 0. The zero-order valence-corrected chi connectivity index (χ0v) is 16.2. The maximum atomic E-state index is 6.18. The van der Waals surface area contributed by atoms with Crippen LogP contribution in [0.5, 0.6) is 0 Å². The lowest BCUT2D eigenvalue weighted by atomic mass is 9.79. The van der Waals surface area contributed by atoms with E-state index < -0.39 is 0 Å². The topological polar surface area (TPSA) is 17.0 Å². The number of para-hydroxylation sites is 1. The summed E-state index contributed by atoms with van der Waals surface area (Å²) in [6.45, 7) is 4.67. The summed E-state index contributed by atoms with van der Waals surface area (Å²) in [5.74, 6) is 1.35. The van der Waals surface area contributed by atoms with Gasteiger partial charge in [0.05, 0.1) is 5.52 Å². The fourth-order valence-electron chi connectivity index (χ4n) is 5.11. The lowest BCUT2D eigenvalue weighted by molar-refractivity contribution is 0.121. The summed E-state index contributed by atoms with van der Waals surface area (Å²) >= 11 is 6.18. The smallest absolute Gasteiger partial charge is 0.114 e. The van der Waals surface area contributed by atoms with Gasteiger partial charge in [-0.15, -0.1) is 11.6 Å². The first-order valence-corrected chi connectivity index (χ1v) is 10.4. The molecule has 2 aromatic rings. The Hall–Kier alpha value is -1.41. The molecule has 1 aliphatic carbocycles. The second kappa shape index (κ2) is 6.72. The molecule has 4 rings (SSSR count). The van der Waals surface area contributed by atoms with Crippen molar-refractivity contribution in [2.75, 3.05) is 5.88 Å². The van der Waals surface area contributed by atoms with E-state index in [2.05, 4.69) is 54.2 Å². The summed E-state index contributed by atoms with van der Waals surface area (Å²) in [5.41, 5.74) is 5.60. The second-order valence-electron chi connectivity index (χ2n) is 7.77. The molecule has 1 aliphatic heterocycles. The van der Waals surface area contributed by atoms with Gasteiger partial charge >= 0.3 is 0 Å². The summed E-state index contributed by atoms with van der Waals surface area (Å²) in [5, 5.41) is 5.16. The molecule has 0 radical (unpaired) electrons. The molecule has 0 spiro atoms. The summed E-state index contributed by atoms with van der Waals surface area (Å²) in [4.78, 5) is 0. The van der Waals surface area contributed by atoms with Crippen molar-refractivity contribution in [1.29, 1.82) is 0 Å². The number of rotatable bonds is 4. The van der Waals surface area contributed by atoms with E-state index in [1.165, 1.54) is 59.8 Å². The Morgan fingerprint density at radius 2 is 2.04 bits per heavy atom. The van der Waals surface area contributed by atoms with Crippen LogP contribution < -0.4 is 5.32 Å². The van der Waals surface area contributed by atoms with Gasteiger partial charge in [-0.2, -0.15) is 0 Å². The maximum Gasteiger partial charge on any atom is 0.114 e. The van der Waals surface area contributed by atoms with Gasteiger partial charge in [-0.3, -0.25) is 0 Å². The minimum absolute atomic E-state index is 0.0431. The third kappa shape index (κ3) is 2.61. The number of fused-ring (bicyclic) bond motifs is 3. The number of hydrogen-bond acceptors (Lipinski definition) is 1. The Labute approximate surface area is 156 Å². The maximum absolute atomic E-state index is 6.18. The number of hydrogen-bond donors (Lipinski definition) is 1. The molecule has 1 N–H and O–H groups in total. The van der Waals surface area contributed by atoms with E-state index in [1.807, 2.05) is 0 Å². The average molecular weight is 357 g/mol. The van der Waals surface area contributed by atoms with Crippen molar-refractivity contribution in [1.82, 2.24) is 9.88 Å². The number of alkyl halides is 1. The molecule has 0 bridgehead atoms. The molecule has 134 valence electrons. The minimum atomic E-state index is -0.0431. The molecule has 1 unspecified atom stereocenters. The molecular weight excluding hydrogens is 328 g/mol. The Morgan fingerprint density at radius 3 is 2.76 bits per heavy atom. The predicted molar refractivity (Wildman–Crippen MR) is 108 cm³/mol. The van der Waals surface area contributed by atoms with Crippen molar-refractivity contribution < 1.29 is 0 Å². The summed E-state index contributed by atoms with van der Waals surface area (Å²) < 4.78 is 2.62. The van der Waals surface area contributed by atoms with E-state index in [9.17, 15) is 0 Å². The molecule has 2 nitrogen and oxygen atoms in total. The van der Waals surface area contributed by atoms with Gasteiger partial charge in [0, 0.05) is 29.1 Å². The molecule has 2 heterocycles. The highest BCUT2D eigenvalue weighted by Gasteiger charge is 2.40. The zero-order valence-electron chi connectivity index (χ0n) is 15.4.